The number of aldehydes is 1. The minimum absolute atomic E-state index is 0.197. The second-order valence-corrected chi connectivity index (χ2v) is 9.60. The molecule has 1 atom stereocenters. The van der Waals surface area contributed by atoms with Crippen molar-refractivity contribution in [3.63, 3.8) is 0 Å². The van der Waals surface area contributed by atoms with Gasteiger partial charge in [0.05, 0.1) is 4.90 Å². The van der Waals surface area contributed by atoms with Crippen LogP contribution in [0.1, 0.15) is 12.5 Å². The zero-order valence-corrected chi connectivity index (χ0v) is 20.2. The Hall–Kier alpha value is -2.54. The van der Waals surface area contributed by atoms with Crippen molar-refractivity contribution >= 4 is 41.2 Å². The SMILES string of the molecule is C[C@H]1Cc2cc(F)c(SN)cc2N1C.O=CC1CN(c2ccc(-c3ccccc3Cl)cc2)C1. The molecule has 3 aromatic carbocycles. The van der Waals surface area contributed by atoms with E-state index in [9.17, 15) is 9.18 Å². The van der Waals surface area contributed by atoms with Crippen molar-refractivity contribution in [2.45, 2.75) is 24.3 Å². The first-order chi connectivity index (χ1) is 15.9. The number of halogens is 2. The maximum absolute atomic E-state index is 13.4. The summed E-state index contributed by atoms with van der Waals surface area (Å²) in [7, 11) is 2.03. The maximum atomic E-state index is 13.4. The minimum Gasteiger partial charge on any atom is -0.371 e. The maximum Gasteiger partial charge on any atom is 0.138 e. The van der Waals surface area contributed by atoms with Crippen molar-refractivity contribution in [3.8, 4) is 11.1 Å². The van der Waals surface area contributed by atoms with Crippen molar-refractivity contribution in [1.82, 2.24) is 0 Å². The minimum atomic E-state index is -0.209. The molecule has 0 aliphatic carbocycles. The van der Waals surface area contributed by atoms with Crippen LogP contribution in [0.3, 0.4) is 0 Å². The number of carbonyl (C=O) groups is 1. The fourth-order valence-electron chi connectivity index (χ4n) is 4.22. The largest absolute Gasteiger partial charge is 0.371 e. The van der Waals surface area contributed by atoms with Gasteiger partial charge in [-0.15, -0.1) is 0 Å². The molecule has 0 radical (unpaired) electrons. The molecule has 2 aliphatic rings. The van der Waals surface area contributed by atoms with Gasteiger partial charge in [-0.05, 0) is 66.8 Å². The number of rotatable bonds is 4. The van der Waals surface area contributed by atoms with Gasteiger partial charge in [-0.1, -0.05) is 41.9 Å². The Morgan fingerprint density at radius 1 is 1.12 bits per heavy atom. The molecule has 1 fully saturated rings. The third-order valence-corrected chi connectivity index (χ3v) is 7.23. The van der Waals surface area contributed by atoms with Crippen LogP contribution < -0.4 is 14.9 Å². The van der Waals surface area contributed by atoms with Crippen LogP contribution in [0, 0.1) is 11.7 Å². The van der Waals surface area contributed by atoms with Crippen molar-refractivity contribution < 1.29 is 9.18 Å². The topological polar surface area (TPSA) is 49.6 Å². The lowest BCUT2D eigenvalue weighted by Gasteiger charge is -2.38. The number of nitrogens with two attached hydrogens (primary N) is 1. The highest BCUT2D eigenvalue weighted by Crippen LogP contribution is 2.35. The molecule has 0 spiro atoms. The molecule has 5 rings (SSSR count). The zero-order chi connectivity index (χ0) is 23.5. The Kier molecular flexibility index (Phi) is 7.27. The van der Waals surface area contributed by atoms with Crippen LogP contribution in [-0.2, 0) is 11.2 Å². The third kappa shape index (κ3) is 5.03. The Bertz CT molecular complexity index is 1130. The average Bonchev–Trinajstić information content (AvgIpc) is 3.06. The second-order valence-electron chi connectivity index (χ2n) is 8.52. The van der Waals surface area contributed by atoms with Crippen LogP contribution in [0.15, 0.2) is 65.6 Å². The van der Waals surface area contributed by atoms with Gasteiger partial charge in [-0.2, -0.15) is 0 Å². The van der Waals surface area contributed by atoms with Gasteiger partial charge in [0.15, 0.2) is 0 Å². The second kappa shape index (κ2) is 10.2. The summed E-state index contributed by atoms with van der Waals surface area (Å²) in [6, 6.07) is 20.0. The fourth-order valence-corrected chi connectivity index (χ4v) is 4.81. The van der Waals surface area contributed by atoms with E-state index in [2.05, 4.69) is 41.0 Å². The summed E-state index contributed by atoms with van der Waals surface area (Å²) in [6.07, 6.45) is 1.95. The lowest BCUT2D eigenvalue weighted by Crippen LogP contribution is -2.47. The molecule has 0 saturated carbocycles. The van der Waals surface area contributed by atoms with Gasteiger partial charge >= 0.3 is 0 Å². The van der Waals surface area contributed by atoms with Crippen LogP contribution in [0.5, 0.6) is 0 Å². The van der Waals surface area contributed by atoms with E-state index in [0.717, 1.165) is 70.8 Å². The van der Waals surface area contributed by atoms with Gasteiger partial charge in [0, 0.05) is 54.1 Å². The van der Waals surface area contributed by atoms with Crippen molar-refractivity contribution in [1.29, 1.82) is 0 Å². The van der Waals surface area contributed by atoms with E-state index < -0.39 is 0 Å². The Balaban J connectivity index is 0.000000165. The highest BCUT2D eigenvalue weighted by Gasteiger charge is 2.26. The normalized spacial score (nSPS) is 17.2. The van der Waals surface area contributed by atoms with E-state index in [-0.39, 0.29) is 11.7 Å². The Labute approximate surface area is 203 Å². The summed E-state index contributed by atoms with van der Waals surface area (Å²) in [6.45, 7) is 3.79. The van der Waals surface area contributed by atoms with Crippen molar-refractivity contribution in [3.05, 3.63) is 77.1 Å². The summed E-state index contributed by atoms with van der Waals surface area (Å²) < 4.78 is 13.4. The Morgan fingerprint density at radius 2 is 1.82 bits per heavy atom. The van der Waals surface area contributed by atoms with Crippen LogP contribution in [-0.4, -0.2) is 32.5 Å². The van der Waals surface area contributed by atoms with E-state index in [4.69, 9.17) is 16.7 Å². The number of likely N-dealkylation sites (N-methyl/N-ethyl adjacent to an activating group) is 1. The first-order valence-electron chi connectivity index (χ1n) is 10.9. The Morgan fingerprint density at radius 3 is 2.45 bits per heavy atom. The summed E-state index contributed by atoms with van der Waals surface area (Å²) in [5.41, 5.74) is 5.50. The standard InChI is InChI=1S/C16H14ClNO.C10H13FN2S/c17-16-4-2-1-3-15(16)13-5-7-14(8-6-13)18-9-12(10-18)11-19;1-6-3-7-4-8(11)10(14-12)5-9(7)13(6)2/h1-8,11-12H,9-10H2;4-6H,3,12H2,1-2H3/t;6-/m.0/s1. The third-order valence-electron chi connectivity index (χ3n) is 6.34. The molecular weight excluding hydrogens is 457 g/mol. The van der Waals surface area contributed by atoms with Gasteiger partial charge in [-0.25, -0.2) is 4.39 Å². The van der Waals surface area contributed by atoms with Gasteiger partial charge in [0.25, 0.3) is 0 Å². The van der Waals surface area contributed by atoms with Crippen LogP contribution in [0.2, 0.25) is 5.02 Å². The van der Waals surface area contributed by atoms with Gasteiger partial charge in [-0.3, -0.25) is 5.14 Å². The highest BCUT2D eigenvalue weighted by atomic mass is 35.5. The fraction of sp³-hybridized carbons (Fsp3) is 0.269. The van der Waals surface area contributed by atoms with Crippen LogP contribution in [0.4, 0.5) is 15.8 Å². The average molecular weight is 484 g/mol. The summed E-state index contributed by atoms with van der Waals surface area (Å²) in [5, 5.41) is 6.15. The first-order valence-corrected chi connectivity index (χ1v) is 12.1. The summed E-state index contributed by atoms with van der Waals surface area (Å²) >= 11 is 7.15. The van der Waals surface area contributed by atoms with Gasteiger partial charge in [0.2, 0.25) is 0 Å². The van der Waals surface area contributed by atoms with Crippen LogP contribution in [0.25, 0.3) is 11.1 Å². The molecule has 4 nitrogen and oxygen atoms in total. The predicted octanol–water partition coefficient (Wildman–Crippen LogP) is 5.81. The molecule has 0 unspecified atom stereocenters. The smallest absolute Gasteiger partial charge is 0.138 e. The molecule has 33 heavy (non-hydrogen) atoms. The van der Waals surface area contributed by atoms with E-state index >= 15 is 0 Å². The van der Waals surface area contributed by atoms with Crippen molar-refractivity contribution in [2.75, 3.05) is 29.9 Å². The number of carbonyl (C=O) groups excluding carboxylic acids is 1. The first kappa shape index (κ1) is 23.6. The predicted molar refractivity (Wildman–Crippen MR) is 137 cm³/mol. The molecule has 3 aromatic rings. The number of fused-ring (bicyclic) bond motifs is 1. The zero-order valence-electron chi connectivity index (χ0n) is 18.7. The number of anilines is 2. The lowest BCUT2D eigenvalue weighted by atomic mass is 10.00. The summed E-state index contributed by atoms with van der Waals surface area (Å²) in [5.74, 6) is -0.0120. The van der Waals surface area contributed by atoms with E-state index in [1.165, 1.54) is 0 Å². The van der Waals surface area contributed by atoms with E-state index in [1.807, 2.05) is 37.4 Å². The number of hydrogen-bond donors (Lipinski definition) is 1. The molecule has 2 N–H and O–H groups in total. The van der Waals surface area contributed by atoms with Gasteiger partial charge in [0.1, 0.15) is 12.1 Å². The molecule has 1 saturated heterocycles. The number of benzene rings is 3. The quantitative estimate of drug-likeness (QED) is 0.374. The molecule has 7 heteroatoms. The number of nitrogens with zero attached hydrogens (tertiary/aromatic N) is 2. The molecular formula is C26H27ClFN3OS. The lowest BCUT2D eigenvalue weighted by molar-refractivity contribution is -0.111. The summed E-state index contributed by atoms with van der Waals surface area (Å²) in [4.78, 5) is 15.5. The molecule has 172 valence electrons. The van der Waals surface area contributed by atoms with E-state index in [0.29, 0.717) is 10.9 Å². The number of hydrogen-bond acceptors (Lipinski definition) is 5. The molecule has 0 amide bonds. The monoisotopic (exact) mass is 483 g/mol. The van der Waals surface area contributed by atoms with E-state index in [1.54, 1.807) is 6.07 Å². The molecule has 2 heterocycles. The molecule has 0 bridgehead atoms. The molecule has 2 aliphatic heterocycles. The highest BCUT2D eigenvalue weighted by molar-refractivity contribution is 7.97. The van der Waals surface area contributed by atoms with Gasteiger partial charge < -0.3 is 14.6 Å². The van der Waals surface area contributed by atoms with Crippen molar-refractivity contribution in [2.24, 2.45) is 11.1 Å². The van der Waals surface area contributed by atoms with Crippen LogP contribution >= 0.6 is 23.5 Å². The molecule has 0 aromatic heterocycles.